The van der Waals surface area contributed by atoms with Gasteiger partial charge in [0.05, 0.1) is 9.79 Å². The lowest BCUT2D eigenvalue weighted by molar-refractivity contribution is 0.0941. The first-order chi connectivity index (χ1) is 14.6. The number of carbonyl (C=O) groups is 1. The molecular formula is C21H27N3O5S2. The predicted molar refractivity (Wildman–Crippen MR) is 118 cm³/mol. The van der Waals surface area contributed by atoms with Crippen LogP contribution in [0.2, 0.25) is 0 Å². The SMILES string of the molecule is CN(C)S(=O)(=O)c1ccc(C(=O)NCC2CCN(S(=O)(=O)c3ccccc3)CC2)cc1. The molecule has 10 heteroatoms. The summed E-state index contributed by atoms with van der Waals surface area (Å²) in [7, 11) is -4.13. The van der Waals surface area contributed by atoms with Crippen LogP contribution >= 0.6 is 0 Å². The summed E-state index contributed by atoms with van der Waals surface area (Å²) in [5.74, 6) is -0.104. The zero-order chi connectivity index (χ0) is 22.6. The lowest BCUT2D eigenvalue weighted by atomic mass is 9.98. The molecule has 1 aliphatic rings. The molecule has 168 valence electrons. The summed E-state index contributed by atoms with van der Waals surface area (Å²) in [6, 6.07) is 14.2. The maximum Gasteiger partial charge on any atom is 0.251 e. The number of carbonyl (C=O) groups excluding carboxylic acids is 1. The van der Waals surface area contributed by atoms with E-state index in [1.807, 2.05) is 0 Å². The fraction of sp³-hybridized carbons (Fsp3) is 0.381. The van der Waals surface area contributed by atoms with Crippen molar-refractivity contribution in [3.05, 3.63) is 60.2 Å². The number of amides is 1. The monoisotopic (exact) mass is 465 g/mol. The van der Waals surface area contributed by atoms with E-state index in [0.717, 1.165) is 4.31 Å². The van der Waals surface area contributed by atoms with Gasteiger partial charge in [-0.3, -0.25) is 4.79 Å². The van der Waals surface area contributed by atoms with Crippen LogP contribution in [0.1, 0.15) is 23.2 Å². The average Bonchev–Trinajstić information content (AvgIpc) is 2.78. The second kappa shape index (κ2) is 9.47. The molecule has 3 rings (SSSR count). The van der Waals surface area contributed by atoms with Gasteiger partial charge in [-0.1, -0.05) is 18.2 Å². The third kappa shape index (κ3) is 5.32. The molecular weight excluding hydrogens is 438 g/mol. The van der Waals surface area contributed by atoms with Gasteiger partial charge in [0.25, 0.3) is 5.91 Å². The van der Waals surface area contributed by atoms with E-state index < -0.39 is 20.0 Å². The van der Waals surface area contributed by atoms with E-state index in [4.69, 9.17) is 0 Å². The molecule has 0 spiro atoms. The van der Waals surface area contributed by atoms with Crippen molar-refractivity contribution in [1.29, 1.82) is 0 Å². The Bertz CT molecular complexity index is 1110. The highest BCUT2D eigenvalue weighted by Gasteiger charge is 2.29. The first kappa shape index (κ1) is 23.4. The lowest BCUT2D eigenvalue weighted by Crippen LogP contribution is -2.41. The fourth-order valence-electron chi connectivity index (χ4n) is 3.42. The standard InChI is InChI=1S/C21H27N3O5S2/c1-23(2)30(26,27)20-10-8-18(9-11-20)21(25)22-16-17-12-14-24(15-13-17)31(28,29)19-6-4-3-5-7-19/h3-11,17H,12-16H2,1-2H3,(H,22,25). The minimum atomic E-state index is -3.54. The molecule has 1 amide bonds. The molecule has 1 N–H and O–H groups in total. The van der Waals surface area contributed by atoms with Crippen molar-refractivity contribution >= 4 is 26.0 Å². The second-order valence-corrected chi connectivity index (χ2v) is 11.8. The van der Waals surface area contributed by atoms with E-state index in [1.54, 1.807) is 30.3 Å². The third-order valence-electron chi connectivity index (χ3n) is 5.40. The Morgan fingerprint density at radius 2 is 1.52 bits per heavy atom. The number of hydrogen-bond acceptors (Lipinski definition) is 5. The Balaban J connectivity index is 1.52. The van der Waals surface area contributed by atoms with Gasteiger partial charge >= 0.3 is 0 Å². The smallest absolute Gasteiger partial charge is 0.251 e. The molecule has 2 aromatic carbocycles. The number of hydrogen-bond donors (Lipinski definition) is 1. The van der Waals surface area contributed by atoms with Gasteiger partial charge in [0.1, 0.15) is 0 Å². The molecule has 0 aliphatic carbocycles. The van der Waals surface area contributed by atoms with Crippen molar-refractivity contribution in [2.24, 2.45) is 5.92 Å². The highest BCUT2D eigenvalue weighted by Crippen LogP contribution is 2.23. The predicted octanol–water partition coefficient (Wildman–Crippen LogP) is 1.77. The molecule has 1 fully saturated rings. The number of nitrogens with one attached hydrogen (secondary N) is 1. The van der Waals surface area contributed by atoms with Crippen LogP contribution in [0, 0.1) is 5.92 Å². The van der Waals surface area contributed by atoms with Gasteiger partial charge in [0.2, 0.25) is 20.0 Å². The first-order valence-corrected chi connectivity index (χ1v) is 12.9. The van der Waals surface area contributed by atoms with Crippen LogP contribution < -0.4 is 5.32 Å². The zero-order valence-electron chi connectivity index (χ0n) is 17.6. The number of benzene rings is 2. The maximum absolute atomic E-state index is 12.7. The summed E-state index contributed by atoms with van der Waals surface area (Å²) >= 11 is 0. The van der Waals surface area contributed by atoms with Gasteiger partial charge < -0.3 is 5.32 Å². The molecule has 8 nitrogen and oxygen atoms in total. The molecule has 0 aromatic heterocycles. The van der Waals surface area contributed by atoms with E-state index in [2.05, 4.69) is 5.32 Å². The molecule has 0 unspecified atom stereocenters. The molecule has 0 radical (unpaired) electrons. The van der Waals surface area contributed by atoms with Crippen molar-refractivity contribution in [3.63, 3.8) is 0 Å². The highest BCUT2D eigenvalue weighted by molar-refractivity contribution is 7.89. The Kier molecular flexibility index (Phi) is 7.15. The van der Waals surface area contributed by atoms with E-state index in [9.17, 15) is 21.6 Å². The number of nitrogens with zero attached hydrogens (tertiary/aromatic N) is 2. The van der Waals surface area contributed by atoms with Crippen molar-refractivity contribution in [1.82, 2.24) is 13.9 Å². The minimum Gasteiger partial charge on any atom is -0.352 e. The van der Waals surface area contributed by atoms with E-state index >= 15 is 0 Å². The van der Waals surface area contributed by atoms with Crippen molar-refractivity contribution in [2.45, 2.75) is 22.6 Å². The molecule has 0 atom stereocenters. The Morgan fingerprint density at radius 1 is 0.935 bits per heavy atom. The van der Waals surface area contributed by atoms with Crippen LogP contribution in [0.25, 0.3) is 0 Å². The lowest BCUT2D eigenvalue weighted by Gasteiger charge is -2.31. The largest absolute Gasteiger partial charge is 0.352 e. The van der Waals surface area contributed by atoms with Gasteiger partial charge in [-0.25, -0.2) is 21.1 Å². The summed E-state index contributed by atoms with van der Waals surface area (Å²) in [5, 5.41) is 2.87. The van der Waals surface area contributed by atoms with Crippen molar-refractivity contribution < 1.29 is 21.6 Å². The average molecular weight is 466 g/mol. The van der Waals surface area contributed by atoms with Gasteiger partial charge in [-0.2, -0.15) is 4.31 Å². The Morgan fingerprint density at radius 3 is 2.06 bits per heavy atom. The molecule has 1 heterocycles. The summed E-state index contributed by atoms with van der Waals surface area (Å²) in [6.45, 7) is 1.26. The van der Waals surface area contributed by atoms with Crippen LogP contribution in [0.3, 0.4) is 0 Å². The molecule has 1 aliphatic heterocycles. The normalized spacial score (nSPS) is 16.4. The van der Waals surface area contributed by atoms with E-state index in [0.29, 0.717) is 42.9 Å². The van der Waals surface area contributed by atoms with Gasteiger partial charge in [0.15, 0.2) is 0 Å². The molecule has 31 heavy (non-hydrogen) atoms. The Hall–Kier alpha value is -2.27. The fourth-order valence-corrected chi connectivity index (χ4v) is 5.82. The van der Waals surface area contributed by atoms with Crippen LogP contribution in [0.4, 0.5) is 0 Å². The van der Waals surface area contributed by atoms with Crippen LogP contribution in [-0.4, -0.2) is 65.1 Å². The number of piperidine rings is 1. The summed E-state index contributed by atoms with van der Waals surface area (Å²) < 4.78 is 52.2. The number of rotatable bonds is 7. The highest BCUT2D eigenvalue weighted by atomic mass is 32.2. The molecule has 1 saturated heterocycles. The van der Waals surface area contributed by atoms with Crippen LogP contribution in [0.15, 0.2) is 64.4 Å². The van der Waals surface area contributed by atoms with Crippen molar-refractivity contribution in [2.75, 3.05) is 33.7 Å². The third-order valence-corrected chi connectivity index (χ3v) is 9.14. The topological polar surface area (TPSA) is 104 Å². The maximum atomic E-state index is 12.7. The van der Waals surface area contributed by atoms with Gasteiger partial charge in [-0.15, -0.1) is 0 Å². The van der Waals surface area contributed by atoms with E-state index in [-0.39, 0.29) is 16.7 Å². The van der Waals surface area contributed by atoms with Gasteiger partial charge in [0, 0.05) is 39.3 Å². The number of sulfonamides is 2. The minimum absolute atomic E-state index is 0.126. The summed E-state index contributed by atoms with van der Waals surface area (Å²) in [6.07, 6.45) is 1.32. The van der Waals surface area contributed by atoms with Gasteiger partial charge in [-0.05, 0) is 55.2 Å². The summed E-state index contributed by atoms with van der Waals surface area (Å²) in [5.41, 5.74) is 0.377. The zero-order valence-corrected chi connectivity index (χ0v) is 19.2. The molecule has 0 bridgehead atoms. The summed E-state index contributed by atoms with van der Waals surface area (Å²) in [4.78, 5) is 12.8. The van der Waals surface area contributed by atoms with Crippen LogP contribution in [-0.2, 0) is 20.0 Å². The Labute approximate surface area is 184 Å². The van der Waals surface area contributed by atoms with E-state index in [1.165, 1.54) is 42.7 Å². The molecule has 2 aromatic rings. The first-order valence-electron chi connectivity index (χ1n) is 9.98. The molecule has 0 saturated carbocycles. The van der Waals surface area contributed by atoms with Crippen LogP contribution in [0.5, 0.6) is 0 Å². The second-order valence-electron chi connectivity index (χ2n) is 7.68. The van der Waals surface area contributed by atoms with Crippen molar-refractivity contribution in [3.8, 4) is 0 Å². The quantitative estimate of drug-likeness (QED) is 0.671.